The quantitative estimate of drug-likeness (QED) is 0.581. The van der Waals surface area contributed by atoms with Crippen LogP contribution in [0, 0.1) is 6.92 Å². The lowest BCUT2D eigenvalue weighted by molar-refractivity contribution is -0.138. The van der Waals surface area contributed by atoms with Crippen LogP contribution in [0.2, 0.25) is 0 Å². The molecule has 0 aliphatic carbocycles. The molecule has 1 atom stereocenters. The van der Waals surface area contributed by atoms with Crippen LogP contribution in [-0.4, -0.2) is 54.4 Å². The van der Waals surface area contributed by atoms with Crippen molar-refractivity contribution in [2.75, 3.05) is 20.3 Å². The fourth-order valence-electron chi connectivity index (χ4n) is 1.34. The minimum Gasteiger partial charge on any atom is -0.480 e. The average molecular weight is 285 g/mol. The molecule has 9 nitrogen and oxygen atoms in total. The standard InChI is InChI=1S/C11H15N3O6/c1-6-3-7(14-20-6)11(18)13-8(5-19-2)10(17)12-4-9(15)16/h3,8H,4-5H2,1-2H3,(H,12,17)(H,13,18)(H,15,16)/t8-/m0/s1. The molecule has 0 saturated heterocycles. The minimum absolute atomic E-state index is 0.0228. The number of rotatable bonds is 7. The van der Waals surface area contributed by atoms with E-state index in [1.165, 1.54) is 13.2 Å². The number of methoxy groups -OCH3 is 1. The molecule has 20 heavy (non-hydrogen) atoms. The molecule has 0 aliphatic rings. The Kier molecular flexibility index (Phi) is 5.66. The van der Waals surface area contributed by atoms with Gasteiger partial charge in [0.05, 0.1) is 6.61 Å². The van der Waals surface area contributed by atoms with Crippen LogP contribution in [0.4, 0.5) is 0 Å². The van der Waals surface area contributed by atoms with Gasteiger partial charge in [0.1, 0.15) is 18.3 Å². The van der Waals surface area contributed by atoms with Gasteiger partial charge in [-0.25, -0.2) is 0 Å². The Labute approximate surface area is 114 Å². The minimum atomic E-state index is -1.19. The first-order valence-electron chi connectivity index (χ1n) is 5.66. The van der Waals surface area contributed by atoms with Gasteiger partial charge in [-0.3, -0.25) is 14.4 Å². The number of aliphatic carboxylic acids is 1. The maximum atomic E-state index is 11.8. The third-order valence-electron chi connectivity index (χ3n) is 2.23. The first kappa shape index (κ1) is 15.6. The van der Waals surface area contributed by atoms with Crippen LogP contribution in [0.5, 0.6) is 0 Å². The Morgan fingerprint density at radius 3 is 2.70 bits per heavy atom. The Hall–Kier alpha value is -2.42. The third-order valence-corrected chi connectivity index (χ3v) is 2.23. The second kappa shape index (κ2) is 7.24. The fraction of sp³-hybridized carbons (Fsp3) is 0.455. The molecule has 9 heteroatoms. The number of aromatic nitrogens is 1. The van der Waals surface area contributed by atoms with Crippen molar-refractivity contribution in [1.82, 2.24) is 15.8 Å². The van der Waals surface area contributed by atoms with E-state index in [4.69, 9.17) is 14.4 Å². The molecule has 0 aromatic carbocycles. The highest BCUT2D eigenvalue weighted by molar-refractivity contribution is 5.96. The molecule has 0 spiro atoms. The van der Waals surface area contributed by atoms with Gasteiger partial charge in [0.15, 0.2) is 5.69 Å². The zero-order valence-corrected chi connectivity index (χ0v) is 11.0. The molecule has 1 aromatic rings. The van der Waals surface area contributed by atoms with E-state index >= 15 is 0 Å². The first-order valence-corrected chi connectivity index (χ1v) is 5.66. The summed E-state index contributed by atoms with van der Waals surface area (Å²) in [7, 11) is 1.35. The highest BCUT2D eigenvalue weighted by Gasteiger charge is 2.23. The van der Waals surface area contributed by atoms with Crippen LogP contribution in [0.1, 0.15) is 16.2 Å². The van der Waals surface area contributed by atoms with E-state index in [1.807, 2.05) is 0 Å². The first-order chi connectivity index (χ1) is 9.43. The van der Waals surface area contributed by atoms with Crippen LogP contribution < -0.4 is 10.6 Å². The third kappa shape index (κ3) is 4.69. The highest BCUT2D eigenvalue weighted by Crippen LogP contribution is 2.01. The number of carboxylic acid groups (broad SMARTS) is 1. The molecule has 0 fully saturated rings. The molecule has 110 valence electrons. The second-order valence-electron chi connectivity index (χ2n) is 3.92. The molecule has 3 N–H and O–H groups in total. The smallest absolute Gasteiger partial charge is 0.322 e. The lowest BCUT2D eigenvalue weighted by Gasteiger charge is -2.16. The number of carbonyl (C=O) groups is 3. The molecular weight excluding hydrogens is 270 g/mol. The SMILES string of the molecule is COC[C@H](NC(=O)c1cc(C)on1)C(=O)NCC(=O)O. The number of carboxylic acids is 1. The van der Waals surface area contributed by atoms with Gasteiger partial charge in [-0.05, 0) is 6.92 Å². The number of amides is 2. The van der Waals surface area contributed by atoms with Crippen LogP contribution in [0.25, 0.3) is 0 Å². The summed E-state index contributed by atoms with van der Waals surface area (Å²) < 4.78 is 9.55. The maximum Gasteiger partial charge on any atom is 0.322 e. The number of nitrogens with zero attached hydrogens (tertiary/aromatic N) is 1. The van der Waals surface area contributed by atoms with Crippen molar-refractivity contribution in [3.05, 3.63) is 17.5 Å². The van der Waals surface area contributed by atoms with Gasteiger partial charge in [0.2, 0.25) is 5.91 Å². The van der Waals surface area contributed by atoms with Crippen molar-refractivity contribution in [3.8, 4) is 0 Å². The molecule has 1 rings (SSSR count). The van der Waals surface area contributed by atoms with Crippen molar-refractivity contribution < 1.29 is 28.8 Å². The van der Waals surface area contributed by atoms with E-state index in [0.29, 0.717) is 5.76 Å². The van der Waals surface area contributed by atoms with E-state index in [0.717, 1.165) is 0 Å². The Morgan fingerprint density at radius 2 is 2.20 bits per heavy atom. The number of ether oxygens (including phenoxy) is 1. The number of nitrogens with one attached hydrogen (secondary N) is 2. The Morgan fingerprint density at radius 1 is 1.50 bits per heavy atom. The van der Waals surface area contributed by atoms with E-state index < -0.39 is 30.4 Å². The van der Waals surface area contributed by atoms with Crippen LogP contribution in [0.15, 0.2) is 10.6 Å². The normalized spacial score (nSPS) is 11.7. The second-order valence-corrected chi connectivity index (χ2v) is 3.92. The molecule has 2 amide bonds. The van der Waals surface area contributed by atoms with Crippen molar-refractivity contribution in [2.45, 2.75) is 13.0 Å². The Bertz CT molecular complexity index is 498. The molecule has 1 aromatic heterocycles. The van der Waals surface area contributed by atoms with Crippen molar-refractivity contribution in [3.63, 3.8) is 0 Å². The molecular formula is C11H15N3O6. The lowest BCUT2D eigenvalue weighted by atomic mass is 10.2. The van der Waals surface area contributed by atoms with E-state index in [-0.39, 0.29) is 12.3 Å². The van der Waals surface area contributed by atoms with Gasteiger partial charge in [-0.2, -0.15) is 0 Å². The molecule has 0 radical (unpaired) electrons. The summed E-state index contributed by atoms with van der Waals surface area (Å²) in [6, 6.07) is 0.387. The summed E-state index contributed by atoms with van der Waals surface area (Å²) >= 11 is 0. The zero-order chi connectivity index (χ0) is 15.1. The largest absolute Gasteiger partial charge is 0.480 e. The van der Waals surface area contributed by atoms with Gasteiger partial charge in [0.25, 0.3) is 5.91 Å². The summed E-state index contributed by atoms with van der Waals surface area (Å²) in [5.74, 6) is -2.01. The van der Waals surface area contributed by atoms with E-state index in [2.05, 4.69) is 15.8 Å². The topological polar surface area (TPSA) is 131 Å². The summed E-state index contributed by atoms with van der Waals surface area (Å²) in [4.78, 5) is 33.9. The van der Waals surface area contributed by atoms with Crippen molar-refractivity contribution in [1.29, 1.82) is 0 Å². The van der Waals surface area contributed by atoms with Crippen LogP contribution in [-0.2, 0) is 14.3 Å². The van der Waals surface area contributed by atoms with Crippen molar-refractivity contribution in [2.24, 2.45) is 0 Å². The van der Waals surface area contributed by atoms with Gasteiger partial charge in [-0.1, -0.05) is 5.16 Å². The number of hydrogen-bond acceptors (Lipinski definition) is 6. The maximum absolute atomic E-state index is 11.8. The number of carbonyl (C=O) groups excluding carboxylic acids is 2. The van der Waals surface area contributed by atoms with Gasteiger partial charge < -0.3 is 25.0 Å². The molecule has 0 aliphatic heterocycles. The predicted molar refractivity (Wildman–Crippen MR) is 65.0 cm³/mol. The summed E-state index contributed by atoms with van der Waals surface area (Å²) in [5, 5.41) is 16.5. The lowest BCUT2D eigenvalue weighted by Crippen LogP contribution is -2.50. The molecule has 1 heterocycles. The van der Waals surface area contributed by atoms with Gasteiger partial charge >= 0.3 is 5.97 Å². The average Bonchev–Trinajstić information content (AvgIpc) is 2.82. The van der Waals surface area contributed by atoms with Crippen LogP contribution >= 0.6 is 0 Å². The zero-order valence-electron chi connectivity index (χ0n) is 11.0. The summed E-state index contributed by atoms with van der Waals surface area (Å²) in [6.45, 7) is 0.974. The molecule has 0 unspecified atom stereocenters. The summed E-state index contributed by atoms with van der Waals surface area (Å²) in [6.07, 6.45) is 0. The highest BCUT2D eigenvalue weighted by atomic mass is 16.5. The Balaban J connectivity index is 2.64. The molecule has 0 bridgehead atoms. The van der Waals surface area contributed by atoms with E-state index in [9.17, 15) is 14.4 Å². The van der Waals surface area contributed by atoms with Gasteiger partial charge in [0, 0.05) is 13.2 Å². The fourth-order valence-corrected chi connectivity index (χ4v) is 1.34. The predicted octanol–water partition coefficient (Wildman–Crippen LogP) is -1.07. The van der Waals surface area contributed by atoms with Crippen LogP contribution in [0.3, 0.4) is 0 Å². The number of aryl methyl sites for hydroxylation is 1. The molecule has 0 saturated carbocycles. The van der Waals surface area contributed by atoms with Crippen molar-refractivity contribution >= 4 is 17.8 Å². The van der Waals surface area contributed by atoms with E-state index in [1.54, 1.807) is 6.92 Å². The van der Waals surface area contributed by atoms with Gasteiger partial charge in [-0.15, -0.1) is 0 Å². The number of hydrogen-bond donors (Lipinski definition) is 3. The summed E-state index contributed by atoms with van der Waals surface area (Å²) in [5.41, 5.74) is 0.0228. The monoisotopic (exact) mass is 285 g/mol.